The summed E-state index contributed by atoms with van der Waals surface area (Å²) < 4.78 is 6.93. The van der Waals surface area contributed by atoms with Crippen LogP contribution in [0, 0.1) is 0 Å². The van der Waals surface area contributed by atoms with Gasteiger partial charge in [0.25, 0.3) is 0 Å². The van der Waals surface area contributed by atoms with Crippen LogP contribution >= 0.6 is 0 Å². The lowest BCUT2D eigenvalue weighted by atomic mass is 10.0. The normalized spacial score (nSPS) is 13.0. The molecule has 1 unspecified atom stereocenters. The summed E-state index contributed by atoms with van der Waals surface area (Å²) in [4.78, 5) is 12.6. The van der Waals surface area contributed by atoms with E-state index < -0.39 is 0 Å². The largest absolute Gasteiger partial charge is 0.462 e. The van der Waals surface area contributed by atoms with Gasteiger partial charge >= 0.3 is 5.97 Å². The topological polar surface area (TPSA) is 26.3 Å². The minimum atomic E-state index is 0.0228. The molecule has 0 aliphatic rings. The molecule has 0 fully saturated rings. The van der Waals surface area contributed by atoms with Gasteiger partial charge in [-0.1, -0.05) is 122 Å². The molecule has 0 aromatic rings. The van der Waals surface area contributed by atoms with Crippen LogP contribution in [0.5, 0.6) is 0 Å². The van der Waals surface area contributed by atoms with Gasteiger partial charge in [-0.05, 0) is 77.0 Å². The first-order valence-corrected chi connectivity index (χ1v) is 18.7. The van der Waals surface area contributed by atoms with Crippen molar-refractivity contribution in [1.29, 1.82) is 0 Å². The van der Waals surface area contributed by atoms with E-state index in [2.05, 4.69) is 59.3 Å². The molecule has 0 bridgehead atoms. The Labute approximate surface area is 264 Å². The summed E-state index contributed by atoms with van der Waals surface area (Å²) in [5.41, 5.74) is 0. The van der Waals surface area contributed by atoms with Crippen LogP contribution in [-0.4, -0.2) is 44.2 Å². The molecule has 0 saturated carbocycles. The number of carbonyl (C=O) groups excluding carboxylic acids is 1. The second kappa shape index (κ2) is 31.3. The van der Waals surface area contributed by atoms with Crippen LogP contribution in [0.1, 0.15) is 187 Å². The molecule has 42 heavy (non-hydrogen) atoms. The SMILES string of the molecule is CCCCCC=CCCCCCCCCC(CCCCCCCCC=CCCCCCC)OC(=O)CCC[N+](C)(C)C. The Morgan fingerprint density at radius 3 is 1.31 bits per heavy atom. The Kier molecular flexibility index (Phi) is 30.5. The van der Waals surface area contributed by atoms with Crippen LogP contribution in [-0.2, 0) is 9.53 Å². The van der Waals surface area contributed by atoms with Crippen LogP contribution in [0.2, 0.25) is 0 Å². The Hall–Kier alpha value is -1.09. The van der Waals surface area contributed by atoms with Crippen molar-refractivity contribution in [1.82, 2.24) is 0 Å². The Morgan fingerprint density at radius 2 is 0.881 bits per heavy atom. The van der Waals surface area contributed by atoms with Gasteiger partial charge in [0.1, 0.15) is 6.10 Å². The van der Waals surface area contributed by atoms with E-state index in [0.29, 0.717) is 6.42 Å². The maximum Gasteiger partial charge on any atom is 0.306 e. The first kappa shape index (κ1) is 40.9. The maximum atomic E-state index is 12.6. The summed E-state index contributed by atoms with van der Waals surface area (Å²) in [6.45, 7) is 5.56. The van der Waals surface area contributed by atoms with E-state index in [1.165, 1.54) is 148 Å². The number of hydrogen-bond acceptors (Lipinski definition) is 2. The second-order valence-electron chi connectivity index (χ2n) is 13.9. The number of quaternary nitrogens is 1. The first-order chi connectivity index (χ1) is 20.4. The molecule has 0 N–H and O–H groups in total. The fraction of sp³-hybridized carbons (Fsp3) is 0.872. The lowest BCUT2D eigenvalue weighted by Gasteiger charge is -2.24. The van der Waals surface area contributed by atoms with E-state index in [0.717, 1.165) is 30.3 Å². The summed E-state index contributed by atoms with van der Waals surface area (Å²) in [7, 11) is 6.56. The molecule has 0 rings (SSSR count). The third-order valence-corrected chi connectivity index (χ3v) is 8.33. The van der Waals surface area contributed by atoms with Crippen molar-refractivity contribution in [3.05, 3.63) is 24.3 Å². The number of unbranched alkanes of at least 4 members (excludes halogenated alkanes) is 19. The fourth-order valence-electron chi connectivity index (χ4n) is 5.56. The zero-order valence-electron chi connectivity index (χ0n) is 29.4. The van der Waals surface area contributed by atoms with Crippen LogP contribution in [0.3, 0.4) is 0 Å². The average molecular weight is 591 g/mol. The van der Waals surface area contributed by atoms with Crippen LogP contribution in [0.4, 0.5) is 0 Å². The minimum Gasteiger partial charge on any atom is -0.462 e. The summed E-state index contributed by atoms with van der Waals surface area (Å²) in [5.74, 6) is 0.0228. The summed E-state index contributed by atoms with van der Waals surface area (Å²) in [6.07, 6.45) is 43.3. The zero-order valence-corrected chi connectivity index (χ0v) is 29.4. The molecule has 3 nitrogen and oxygen atoms in total. The average Bonchev–Trinajstić information content (AvgIpc) is 2.94. The molecule has 3 heteroatoms. The maximum absolute atomic E-state index is 12.6. The fourth-order valence-corrected chi connectivity index (χ4v) is 5.56. The van der Waals surface area contributed by atoms with Gasteiger partial charge in [-0.15, -0.1) is 0 Å². The van der Waals surface area contributed by atoms with Crippen molar-refractivity contribution in [2.45, 2.75) is 193 Å². The standard InChI is InChI=1S/C39H76NO2/c1-6-8-10-12-14-16-18-20-22-24-26-28-30-32-35-38(42-39(41)36-33-37-40(3,4)5)34-31-29-27-25-23-21-19-17-15-13-11-9-7-2/h15-18,38H,6-14,19-37H2,1-5H3/q+1. The molecule has 0 aromatic heterocycles. The van der Waals surface area contributed by atoms with Crippen LogP contribution < -0.4 is 0 Å². The third kappa shape index (κ3) is 33.4. The predicted octanol–water partition coefficient (Wildman–Crippen LogP) is 12.3. The van der Waals surface area contributed by atoms with Gasteiger partial charge in [0.2, 0.25) is 0 Å². The van der Waals surface area contributed by atoms with Crippen LogP contribution in [0.15, 0.2) is 24.3 Å². The molecule has 0 radical (unpaired) electrons. The van der Waals surface area contributed by atoms with Gasteiger partial charge in [-0.2, -0.15) is 0 Å². The van der Waals surface area contributed by atoms with Crippen molar-refractivity contribution in [2.24, 2.45) is 0 Å². The van der Waals surface area contributed by atoms with Gasteiger partial charge < -0.3 is 9.22 Å². The highest BCUT2D eigenvalue weighted by Crippen LogP contribution is 2.18. The molecule has 0 aliphatic heterocycles. The molecule has 0 heterocycles. The van der Waals surface area contributed by atoms with E-state index >= 15 is 0 Å². The number of esters is 1. The number of hydrogen-bond donors (Lipinski definition) is 0. The molecule has 0 aromatic carbocycles. The number of allylic oxidation sites excluding steroid dienone is 4. The van der Waals surface area contributed by atoms with Crippen molar-refractivity contribution in [3.8, 4) is 0 Å². The second-order valence-corrected chi connectivity index (χ2v) is 13.9. The van der Waals surface area contributed by atoms with Gasteiger partial charge in [0, 0.05) is 6.42 Å². The minimum absolute atomic E-state index is 0.0228. The number of nitrogens with zero attached hydrogens (tertiary/aromatic N) is 1. The first-order valence-electron chi connectivity index (χ1n) is 18.7. The molecule has 0 spiro atoms. The van der Waals surface area contributed by atoms with Crippen molar-refractivity contribution >= 4 is 5.97 Å². The smallest absolute Gasteiger partial charge is 0.306 e. The number of rotatable bonds is 32. The third-order valence-electron chi connectivity index (χ3n) is 8.33. The van der Waals surface area contributed by atoms with Gasteiger partial charge in [0.05, 0.1) is 34.1 Å². The zero-order chi connectivity index (χ0) is 31.0. The van der Waals surface area contributed by atoms with E-state index in [1.54, 1.807) is 0 Å². The molecule has 0 aliphatic carbocycles. The molecular weight excluding hydrogens is 514 g/mol. The number of ether oxygens (including phenoxy) is 1. The molecule has 248 valence electrons. The molecule has 1 atom stereocenters. The molecule has 0 amide bonds. The van der Waals surface area contributed by atoms with Crippen molar-refractivity contribution in [2.75, 3.05) is 27.7 Å². The van der Waals surface area contributed by atoms with Gasteiger partial charge in [0.15, 0.2) is 0 Å². The summed E-state index contributed by atoms with van der Waals surface area (Å²) >= 11 is 0. The van der Waals surface area contributed by atoms with Crippen molar-refractivity contribution in [3.63, 3.8) is 0 Å². The Bertz CT molecular complexity index is 618. The lowest BCUT2D eigenvalue weighted by Crippen LogP contribution is -2.35. The van der Waals surface area contributed by atoms with E-state index in [9.17, 15) is 4.79 Å². The highest BCUT2D eigenvalue weighted by atomic mass is 16.5. The van der Waals surface area contributed by atoms with E-state index in [-0.39, 0.29) is 12.1 Å². The molecular formula is C39H76NO2+. The lowest BCUT2D eigenvalue weighted by molar-refractivity contribution is -0.870. The van der Waals surface area contributed by atoms with Crippen molar-refractivity contribution < 1.29 is 14.0 Å². The quantitative estimate of drug-likeness (QED) is 0.0337. The van der Waals surface area contributed by atoms with E-state index in [4.69, 9.17) is 4.74 Å². The summed E-state index contributed by atoms with van der Waals surface area (Å²) in [5, 5.41) is 0. The van der Waals surface area contributed by atoms with Gasteiger partial charge in [-0.25, -0.2) is 0 Å². The highest BCUT2D eigenvalue weighted by Gasteiger charge is 2.16. The van der Waals surface area contributed by atoms with E-state index in [1.807, 2.05) is 0 Å². The molecule has 0 saturated heterocycles. The Morgan fingerprint density at radius 1 is 0.524 bits per heavy atom. The predicted molar refractivity (Wildman–Crippen MR) is 187 cm³/mol. The highest BCUT2D eigenvalue weighted by molar-refractivity contribution is 5.69. The van der Waals surface area contributed by atoms with Crippen LogP contribution in [0.25, 0.3) is 0 Å². The Balaban J connectivity index is 4.07. The number of carbonyl (C=O) groups is 1. The summed E-state index contributed by atoms with van der Waals surface area (Å²) in [6, 6.07) is 0. The van der Waals surface area contributed by atoms with Gasteiger partial charge in [-0.3, -0.25) is 4.79 Å². The monoisotopic (exact) mass is 591 g/mol.